The van der Waals surface area contributed by atoms with Crippen molar-refractivity contribution >= 4 is 5.97 Å². The van der Waals surface area contributed by atoms with Crippen molar-refractivity contribution in [3.8, 4) is 0 Å². The van der Waals surface area contributed by atoms with Gasteiger partial charge in [0.15, 0.2) is 0 Å². The Balaban J connectivity index is 3.25. The molecular weight excluding hydrogens is 276 g/mol. The van der Waals surface area contributed by atoms with Crippen LogP contribution in [0.3, 0.4) is 0 Å². The Kier molecular flexibility index (Phi) is 5.34. The first-order chi connectivity index (χ1) is 9.83. The Labute approximate surface area is 135 Å². The normalized spacial score (nSPS) is 26.3. The maximum absolute atomic E-state index is 11.4. The molecule has 0 spiro atoms. The lowest BCUT2D eigenvalue weighted by Gasteiger charge is -2.49. The lowest BCUT2D eigenvalue weighted by molar-refractivity contribution is -0.140. The summed E-state index contributed by atoms with van der Waals surface area (Å²) in [5.41, 5.74) is 1.57. The summed E-state index contributed by atoms with van der Waals surface area (Å²) in [6, 6.07) is 0. The molecule has 0 aromatic rings. The number of esters is 1. The van der Waals surface area contributed by atoms with Crippen LogP contribution in [0.1, 0.15) is 61.3 Å². The predicted molar refractivity (Wildman–Crippen MR) is 90.4 cm³/mol. The second kappa shape index (κ2) is 6.19. The van der Waals surface area contributed by atoms with E-state index in [0.29, 0.717) is 12.8 Å². The molecule has 1 rings (SSSR count). The minimum Gasteiger partial charge on any atom is -0.469 e. The second-order valence-electron chi connectivity index (χ2n) is 8.58. The van der Waals surface area contributed by atoms with E-state index in [-0.39, 0.29) is 22.2 Å². The van der Waals surface area contributed by atoms with Crippen molar-refractivity contribution in [1.82, 2.24) is 0 Å². The fraction of sp³-hybridized carbons (Fsp3) is 0.737. The van der Waals surface area contributed by atoms with Gasteiger partial charge >= 0.3 is 5.97 Å². The summed E-state index contributed by atoms with van der Waals surface area (Å²) < 4.78 is 4.74. The van der Waals surface area contributed by atoms with Gasteiger partial charge in [-0.1, -0.05) is 66.2 Å². The van der Waals surface area contributed by atoms with E-state index in [2.05, 4.69) is 60.6 Å². The Hall–Kier alpha value is -1.09. The summed E-state index contributed by atoms with van der Waals surface area (Å²) in [5, 5.41) is 11.0. The molecule has 0 aromatic carbocycles. The van der Waals surface area contributed by atoms with Crippen LogP contribution in [0.2, 0.25) is 0 Å². The quantitative estimate of drug-likeness (QED) is 0.792. The van der Waals surface area contributed by atoms with Gasteiger partial charge in [-0.15, -0.1) is 0 Å². The highest BCUT2D eigenvalue weighted by Gasteiger charge is 2.47. The van der Waals surface area contributed by atoms with E-state index in [9.17, 15) is 9.90 Å². The van der Waals surface area contributed by atoms with Gasteiger partial charge in [-0.2, -0.15) is 0 Å². The van der Waals surface area contributed by atoms with Crippen LogP contribution in [-0.4, -0.2) is 24.3 Å². The molecule has 3 heteroatoms. The van der Waals surface area contributed by atoms with E-state index in [1.54, 1.807) is 0 Å². The third-order valence-electron chi connectivity index (χ3n) is 5.02. The molecule has 3 nitrogen and oxygen atoms in total. The number of hydrogen-bond donors (Lipinski definition) is 1. The van der Waals surface area contributed by atoms with Crippen molar-refractivity contribution in [3.63, 3.8) is 0 Å². The molecule has 0 bridgehead atoms. The minimum absolute atomic E-state index is 0.0896. The maximum Gasteiger partial charge on any atom is 0.305 e. The molecule has 0 saturated heterocycles. The lowest BCUT2D eigenvalue weighted by atomic mass is 9.58. The van der Waals surface area contributed by atoms with Gasteiger partial charge in [0.1, 0.15) is 0 Å². The van der Waals surface area contributed by atoms with Gasteiger partial charge in [0.05, 0.1) is 13.2 Å². The average molecular weight is 308 g/mol. The molecule has 0 radical (unpaired) electrons. The van der Waals surface area contributed by atoms with Crippen LogP contribution >= 0.6 is 0 Å². The van der Waals surface area contributed by atoms with Crippen molar-refractivity contribution in [2.24, 2.45) is 16.2 Å². The number of rotatable bonds is 3. The Morgan fingerprint density at radius 2 is 1.82 bits per heavy atom. The van der Waals surface area contributed by atoms with Gasteiger partial charge < -0.3 is 9.84 Å². The Bertz CT molecular complexity index is 486. The number of allylic oxidation sites excluding steroid dienone is 2. The maximum atomic E-state index is 11.4. The Morgan fingerprint density at radius 1 is 1.27 bits per heavy atom. The Morgan fingerprint density at radius 3 is 2.23 bits per heavy atom. The van der Waals surface area contributed by atoms with E-state index in [1.807, 2.05) is 0 Å². The van der Waals surface area contributed by atoms with Crippen molar-refractivity contribution < 1.29 is 14.6 Å². The van der Waals surface area contributed by atoms with Crippen LogP contribution in [0.5, 0.6) is 0 Å². The summed E-state index contributed by atoms with van der Waals surface area (Å²) >= 11 is 0. The van der Waals surface area contributed by atoms with Crippen molar-refractivity contribution in [2.45, 2.75) is 67.4 Å². The second-order valence-corrected chi connectivity index (χ2v) is 8.58. The monoisotopic (exact) mass is 308 g/mol. The molecule has 0 heterocycles. The van der Waals surface area contributed by atoms with Crippen molar-refractivity contribution in [2.75, 3.05) is 7.11 Å². The van der Waals surface area contributed by atoms with Crippen LogP contribution in [0.25, 0.3) is 0 Å². The number of methoxy groups -OCH3 is 1. The number of carbonyl (C=O) groups is 1. The van der Waals surface area contributed by atoms with E-state index in [1.165, 1.54) is 7.11 Å². The third kappa shape index (κ3) is 3.81. The zero-order valence-electron chi connectivity index (χ0n) is 15.4. The molecule has 0 amide bonds. The number of carbonyl (C=O) groups excluding carboxylic acids is 1. The van der Waals surface area contributed by atoms with E-state index in [4.69, 9.17) is 4.74 Å². The molecule has 126 valence electrons. The molecule has 0 aromatic heterocycles. The van der Waals surface area contributed by atoms with Crippen molar-refractivity contribution in [3.05, 3.63) is 23.3 Å². The summed E-state index contributed by atoms with van der Waals surface area (Å²) in [6.45, 7) is 14.9. The highest BCUT2D eigenvalue weighted by atomic mass is 16.5. The number of aliphatic hydroxyl groups is 1. The first kappa shape index (κ1) is 19.0. The van der Waals surface area contributed by atoms with Crippen LogP contribution in [0.15, 0.2) is 23.3 Å². The van der Waals surface area contributed by atoms with Gasteiger partial charge in [0.25, 0.3) is 0 Å². The molecule has 2 atom stereocenters. The summed E-state index contributed by atoms with van der Waals surface area (Å²) in [7, 11) is 1.41. The number of hydrogen-bond acceptors (Lipinski definition) is 3. The van der Waals surface area contributed by atoms with Gasteiger partial charge in [0.2, 0.25) is 0 Å². The summed E-state index contributed by atoms with van der Waals surface area (Å²) in [6.07, 6.45) is 4.71. The van der Waals surface area contributed by atoms with Crippen molar-refractivity contribution in [1.29, 1.82) is 0 Å². The topological polar surface area (TPSA) is 46.5 Å². The molecule has 1 N–H and O–H groups in total. The van der Waals surface area contributed by atoms with Crippen LogP contribution in [0.4, 0.5) is 0 Å². The van der Waals surface area contributed by atoms with Crippen LogP contribution in [0, 0.1) is 16.2 Å². The first-order valence-electron chi connectivity index (χ1n) is 8.01. The first-order valence-corrected chi connectivity index (χ1v) is 8.01. The highest BCUT2D eigenvalue weighted by Crippen LogP contribution is 2.51. The SMILES string of the molecule is COC(=O)CCC1=CC(C)(C(C)(C)C)C(O)C(C(C)(C)C)=C1. The predicted octanol–water partition coefficient (Wildman–Crippen LogP) is 4.27. The molecule has 22 heavy (non-hydrogen) atoms. The molecule has 0 saturated carbocycles. The highest BCUT2D eigenvalue weighted by molar-refractivity contribution is 5.69. The molecule has 0 fully saturated rings. The van der Waals surface area contributed by atoms with Gasteiger partial charge in [-0.25, -0.2) is 0 Å². The van der Waals surface area contributed by atoms with Gasteiger partial charge in [-0.3, -0.25) is 4.79 Å². The third-order valence-corrected chi connectivity index (χ3v) is 5.02. The fourth-order valence-electron chi connectivity index (χ4n) is 2.85. The standard InChI is InChI=1S/C19H32O3/c1-17(2,3)14-11-13(9-10-15(20)22-8)12-19(7,16(14)21)18(4,5)6/h11-12,16,21H,9-10H2,1-8H3. The minimum atomic E-state index is -0.519. The van der Waals surface area contributed by atoms with Crippen LogP contribution in [-0.2, 0) is 9.53 Å². The molecule has 1 aliphatic carbocycles. The summed E-state index contributed by atoms with van der Waals surface area (Å²) in [5.74, 6) is -0.199. The van der Waals surface area contributed by atoms with Gasteiger partial charge in [-0.05, 0) is 22.8 Å². The zero-order chi connectivity index (χ0) is 17.3. The number of aliphatic hydroxyl groups excluding tert-OH is 1. The zero-order valence-corrected chi connectivity index (χ0v) is 15.4. The molecule has 1 aliphatic rings. The van der Waals surface area contributed by atoms with E-state index < -0.39 is 6.10 Å². The molecular formula is C19H32O3. The number of ether oxygens (including phenoxy) is 1. The fourth-order valence-corrected chi connectivity index (χ4v) is 2.85. The largest absolute Gasteiger partial charge is 0.469 e. The smallest absolute Gasteiger partial charge is 0.305 e. The van der Waals surface area contributed by atoms with Gasteiger partial charge in [0, 0.05) is 11.8 Å². The van der Waals surface area contributed by atoms with Crippen LogP contribution < -0.4 is 0 Å². The lowest BCUT2D eigenvalue weighted by Crippen LogP contribution is -2.46. The molecule has 0 aliphatic heterocycles. The van der Waals surface area contributed by atoms with E-state index in [0.717, 1.165) is 11.1 Å². The molecule has 2 unspecified atom stereocenters. The van der Waals surface area contributed by atoms with E-state index >= 15 is 0 Å². The summed E-state index contributed by atoms with van der Waals surface area (Å²) in [4.78, 5) is 11.4. The average Bonchev–Trinajstić information content (AvgIpc) is 2.36.